The minimum Gasteiger partial charge on any atom is -0.508 e. The second kappa shape index (κ2) is 13.7. The number of carbonyl (C=O) groups excluding carboxylic acids is 4. The van der Waals surface area contributed by atoms with Crippen LogP contribution in [-0.2, 0) is 32.0 Å². The molecule has 208 valence electrons. The van der Waals surface area contributed by atoms with Crippen LogP contribution in [0.25, 0.3) is 0 Å². The number of carbonyl (C=O) groups is 4. The largest absolute Gasteiger partial charge is 0.508 e. The molecule has 13 heteroatoms. The Kier molecular flexibility index (Phi) is 10.1. The van der Waals surface area contributed by atoms with Crippen molar-refractivity contribution in [1.82, 2.24) is 21.3 Å². The Labute approximate surface area is 225 Å². The van der Waals surface area contributed by atoms with E-state index in [-0.39, 0.29) is 44.1 Å². The number of anilines is 1. The van der Waals surface area contributed by atoms with Gasteiger partial charge in [-0.3, -0.25) is 24.2 Å². The molecule has 0 unspecified atom stereocenters. The van der Waals surface area contributed by atoms with Crippen LogP contribution < -0.4 is 38.5 Å². The third-order valence-corrected chi connectivity index (χ3v) is 6.08. The van der Waals surface area contributed by atoms with E-state index in [0.29, 0.717) is 17.7 Å². The van der Waals surface area contributed by atoms with Gasteiger partial charge in [-0.1, -0.05) is 24.3 Å². The van der Waals surface area contributed by atoms with E-state index in [0.717, 1.165) is 5.56 Å². The van der Waals surface area contributed by atoms with Gasteiger partial charge in [-0.25, -0.2) is 0 Å². The van der Waals surface area contributed by atoms with Crippen LogP contribution in [-0.4, -0.2) is 65.9 Å². The van der Waals surface area contributed by atoms with E-state index in [1.54, 1.807) is 36.4 Å². The van der Waals surface area contributed by atoms with Gasteiger partial charge in [-0.15, -0.1) is 0 Å². The second-order valence-electron chi connectivity index (χ2n) is 9.23. The number of aromatic hydroxyl groups is 1. The third kappa shape index (κ3) is 9.22. The average molecular weight is 539 g/mol. The Bertz CT molecular complexity index is 1200. The highest BCUT2D eigenvalue weighted by atomic mass is 16.3. The van der Waals surface area contributed by atoms with Crippen LogP contribution in [0, 0.1) is 0 Å². The van der Waals surface area contributed by atoms with Crippen molar-refractivity contribution in [2.45, 2.75) is 43.8 Å². The molecule has 4 amide bonds. The van der Waals surface area contributed by atoms with Crippen molar-refractivity contribution in [1.29, 1.82) is 0 Å². The molecule has 0 aliphatic carbocycles. The fourth-order valence-corrected chi connectivity index (χ4v) is 4.03. The number of nitrogens with two attached hydrogens (primary N) is 3. The van der Waals surface area contributed by atoms with Crippen LogP contribution in [0.3, 0.4) is 0 Å². The van der Waals surface area contributed by atoms with Crippen LogP contribution >= 0.6 is 0 Å². The predicted octanol–water partition coefficient (Wildman–Crippen LogP) is -1.60. The van der Waals surface area contributed by atoms with Gasteiger partial charge in [0.25, 0.3) is 0 Å². The van der Waals surface area contributed by atoms with Gasteiger partial charge in [-0.2, -0.15) is 0 Å². The Morgan fingerprint density at radius 2 is 1.33 bits per heavy atom. The summed E-state index contributed by atoms with van der Waals surface area (Å²) < 4.78 is 0. The molecule has 3 atom stereocenters. The van der Waals surface area contributed by atoms with E-state index < -0.39 is 41.8 Å². The molecule has 2 aromatic rings. The summed E-state index contributed by atoms with van der Waals surface area (Å²) in [6.07, 6.45) is 0.770. The van der Waals surface area contributed by atoms with E-state index in [9.17, 15) is 24.3 Å². The Morgan fingerprint density at radius 3 is 1.92 bits per heavy atom. The Morgan fingerprint density at radius 1 is 0.795 bits per heavy atom. The van der Waals surface area contributed by atoms with Gasteiger partial charge in [0.15, 0.2) is 5.96 Å². The van der Waals surface area contributed by atoms with Crippen LogP contribution in [0.1, 0.15) is 24.0 Å². The number of aliphatic imine (C=N–C) groups is 1. The van der Waals surface area contributed by atoms with Crippen LogP contribution in [0.5, 0.6) is 5.75 Å². The van der Waals surface area contributed by atoms with E-state index >= 15 is 0 Å². The smallest absolute Gasteiger partial charge is 0.243 e. The zero-order valence-corrected chi connectivity index (χ0v) is 21.4. The Hall–Kier alpha value is -4.81. The van der Waals surface area contributed by atoms with Gasteiger partial charge in [0.1, 0.15) is 23.9 Å². The molecule has 0 bridgehead atoms. The monoisotopic (exact) mass is 538 g/mol. The number of rotatable bonds is 8. The summed E-state index contributed by atoms with van der Waals surface area (Å²) in [6.45, 7) is -0.148. The molecule has 0 spiro atoms. The normalized spacial score (nSPS) is 20.4. The molecular formula is C26H34N8O5. The minimum atomic E-state index is -1.08. The fraction of sp³-hybridized carbons (Fsp3) is 0.346. The zero-order valence-electron chi connectivity index (χ0n) is 21.4. The summed E-state index contributed by atoms with van der Waals surface area (Å²) in [5.41, 5.74) is 18.4. The number of hydrogen-bond donors (Lipinski definition) is 8. The van der Waals surface area contributed by atoms with Crippen molar-refractivity contribution in [3.8, 4) is 5.75 Å². The van der Waals surface area contributed by atoms with Crippen molar-refractivity contribution in [3.05, 3.63) is 59.7 Å². The summed E-state index contributed by atoms with van der Waals surface area (Å²) in [4.78, 5) is 56.2. The lowest BCUT2D eigenvalue weighted by Gasteiger charge is -2.27. The van der Waals surface area contributed by atoms with Crippen molar-refractivity contribution >= 4 is 35.3 Å². The molecule has 13 nitrogen and oxygen atoms in total. The van der Waals surface area contributed by atoms with E-state index in [1.165, 1.54) is 12.1 Å². The van der Waals surface area contributed by atoms with Gasteiger partial charge in [0.05, 0.1) is 6.54 Å². The molecule has 0 aromatic heterocycles. The van der Waals surface area contributed by atoms with Gasteiger partial charge in [0.2, 0.25) is 23.6 Å². The zero-order chi connectivity index (χ0) is 28.4. The fourth-order valence-electron chi connectivity index (χ4n) is 4.03. The number of amides is 4. The average Bonchev–Trinajstić information content (AvgIpc) is 2.89. The maximum absolute atomic E-state index is 13.4. The first-order valence-corrected chi connectivity index (χ1v) is 12.5. The molecule has 3 rings (SSSR count). The topological polar surface area (TPSA) is 227 Å². The molecule has 1 aliphatic heterocycles. The third-order valence-electron chi connectivity index (χ3n) is 6.08. The first-order chi connectivity index (χ1) is 18.6. The maximum atomic E-state index is 13.4. The standard InChI is InChI=1S/C26H34N8O5/c27-17-7-3-15(4-8-17)12-20-24(38)34-21(13-16-5-9-18(35)10-6-16)25(39)33-19(2-1-11-30-26(28)29)23(37)31-14-22(36)32-20/h3-10,19-21,35H,1-2,11-14,27H2,(H,31,37)(H,32,36)(H,33,39)(H,34,38)(H4,28,29,30)/t19-,20+,21+/m1/s1. The summed E-state index contributed by atoms with van der Waals surface area (Å²) in [7, 11) is 0. The SMILES string of the molecule is NC(N)=NCCC[C@H]1NC(=O)[C@H](Cc2ccc(O)cc2)NC(=O)[C@H](Cc2ccc(N)cc2)NC(=O)CNC1=O. The van der Waals surface area contributed by atoms with Gasteiger partial charge in [-0.05, 0) is 48.2 Å². The molecule has 1 aliphatic rings. The first kappa shape index (κ1) is 28.8. The molecule has 1 fully saturated rings. The number of hydrogen-bond acceptors (Lipinski definition) is 7. The summed E-state index contributed by atoms with van der Waals surface area (Å²) in [5.74, 6) is -2.33. The van der Waals surface area contributed by atoms with E-state index in [2.05, 4.69) is 26.3 Å². The number of nitrogen functional groups attached to an aromatic ring is 1. The lowest BCUT2D eigenvalue weighted by Crippen LogP contribution is -2.60. The molecule has 0 radical (unpaired) electrons. The molecule has 11 N–H and O–H groups in total. The number of nitrogens with one attached hydrogen (secondary N) is 4. The summed E-state index contributed by atoms with van der Waals surface area (Å²) in [5, 5.41) is 20.2. The highest BCUT2D eigenvalue weighted by molar-refractivity contribution is 5.96. The molecule has 1 heterocycles. The predicted molar refractivity (Wildman–Crippen MR) is 145 cm³/mol. The van der Waals surface area contributed by atoms with Crippen LogP contribution in [0.2, 0.25) is 0 Å². The number of phenols is 1. The quantitative estimate of drug-likeness (QED) is 0.0842. The first-order valence-electron chi connectivity index (χ1n) is 12.5. The maximum Gasteiger partial charge on any atom is 0.243 e. The van der Waals surface area contributed by atoms with Crippen molar-refractivity contribution in [2.75, 3.05) is 18.8 Å². The lowest BCUT2D eigenvalue weighted by atomic mass is 10.0. The number of benzene rings is 2. The molecular weight excluding hydrogens is 504 g/mol. The second-order valence-corrected chi connectivity index (χ2v) is 9.23. The molecule has 39 heavy (non-hydrogen) atoms. The van der Waals surface area contributed by atoms with E-state index in [4.69, 9.17) is 17.2 Å². The highest BCUT2D eigenvalue weighted by Crippen LogP contribution is 2.13. The minimum absolute atomic E-state index is 0.0507. The number of phenolic OH excluding ortho intramolecular Hbond substituents is 1. The van der Waals surface area contributed by atoms with Gasteiger partial charge in [0, 0.05) is 25.1 Å². The Balaban J connectivity index is 1.86. The molecule has 2 aromatic carbocycles. The van der Waals surface area contributed by atoms with Crippen LogP contribution in [0.4, 0.5) is 5.69 Å². The molecule has 1 saturated heterocycles. The van der Waals surface area contributed by atoms with Crippen LogP contribution in [0.15, 0.2) is 53.5 Å². The van der Waals surface area contributed by atoms with Crippen molar-refractivity contribution in [2.24, 2.45) is 16.5 Å². The van der Waals surface area contributed by atoms with Crippen molar-refractivity contribution < 1.29 is 24.3 Å². The van der Waals surface area contributed by atoms with Gasteiger partial charge >= 0.3 is 0 Å². The lowest BCUT2D eigenvalue weighted by molar-refractivity contribution is -0.135. The molecule has 0 saturated carbocycles. The summed E-state index contributed by atoms with van der Waals surface area (Å²) in [6, 6.07) is 9.91. The highest BCUT2D eigenvalue weighted by Gasteiger charge is 2.31. The summed E-state index contributed by atoms with van der Waals surface area (Å²) >= 11 is 0. The van der Waals surface area contributed by atoms with E-state index in [1.807, 2.05) is 0 Å². The number of nitrogens with zero attached hydrogens (tertiary/aromatic N) is 1. The number of guanidine groups is 1. The van der Waals surface area contributed by atoms with Crippen molar-refractivity contribution in [3.63, 3.8) is 0 Å². The van der Waals surface area contributed by atoms with Gasteiger partial charge < -0.3 is 43.6 Å².